The molecular formula is C20H27N5O2S. The molecule has 0 N–H and O–H groups in total. The molecule has 1 amide bonds. The minimum Gasteiger partial charge on any atom is -0.497 e. The predicted octanol–water partition coefficient (Wildman–Crippen LogP) is 3.34. The van der Waals surface area contributed by atoms with Gasteiger partial charge < -0.3 is 9.64 Å². The number of aryl methyl sites for hydroxylation is 2. The standard InChI is InChI=1S/C20H27N5O2S/c1-6-24(7-2)10-11-25(19(26)18-14(3)13-23(4)22-18)20-21-16-9-8-15(27-5)12-17(16)28-20/h8-9,12-13H,6-7,10-11H2,1-5H3. The van der Waals surface area contributed by atoms with Crippen molar-refractivity contribution in [1.29, 1.82) is 0 Å². The van der Waals surface area contributed by atoms with Crippen molar-refractivity contribution in [2.24, 2.45) is 7.05 Å². The molecule has 150 valence electrons. The number of amides is 1. The quantitative estimate of drug-likeness (QED) is 0.579. The van der Waals surface area contributed by atoms with Crippen LogP contribution in [0.3, 0.4) is 0 Å². The van der Waals surface area contributed by atoms with Gasteiger partial charge in [-0.25, -0.2) is 4.98 Å². The van der Waals surface area contributed by atoms with Crippen LogP contribution in [0.25, 0.3) is 10.2 Å². The Balaban J connectivity index is 1.97. The number of hydrogen-bond acceptors (Lipinski definition) is 6. The molecule has 0 bridgehead atoms. The van der Waals surface area contributed by atoms with Gasteiger partial charge in [0.15, 0.2) is 10.8 Å². The molecule has 0 saturated carbocycles. The van der Waals surface area contributed by atoms with Gasteiger partial charge in [0, 0.05) is 31.9 Å². The molecule has 0 spiro atoms. The van der Waals surface area contributed by atoms with Gasteiger partial charge in [-0.3, -0.25) is 14.4 Å². The first kappa shape index (κ1) is 20.3. The van der Waals surface area contributed by atoms with E-state index in [0.29, 0.717) is 17.4 Å². The molecule has 0 unspecified atom stereocenters. The Labute approximate surface area is 169 Å². The molecule has 0 aliphatic heterocycles. The minimum absolute atomic E-state index is 0.115. The summed E-state index contributed by atoms with van der Waals surface area (Å²) in [5, 5.41) is 5.06. The molecule has 3 aromatic rings. The maximum Gasteiger partial charge on any atom is 0.280 e. The highest BCUT2D eigenvalue weighted by molar-refractivity contribution is 7.22. The van der Waals surface area contributed by atoms with Crippen molar-refractivity contribution in [2.75, 3.05) is 38.2 Å². The van der Waals surface area contributed by atoms with Gasteiger partial charge in [-0.05, 0) is 38.2 Å². The fourth-order valence-electron chi connectivity index (χ4n) is 3.15. The van der Waals surface area contributed by atoms with Crippen molar-refractivity contribution < 1.29 is 9.53 Å². The first-order valence-corrected chi connectivity index (χ1v) is 10.3. The summed E-state index contributed by atoms with van der Waals surface area (Å²) >= 11 is 1.50. The highest BCUT2D eigenvalue weighted by Crippen LogP contribution is 2.32. The molecule has 2 heterocycles. The first-order valence-electron chi connectivity index (χ1n) is 9.45. The van der Waals surface area contributed by atoms with Gasteiger partial charge in [-0.1, -0.05) is 25.2 Å². The number of ether oxygens (including phenoxy) is 1. The summed E-state index contributed by atoms with van der Waals surface area (Å²) in [7, 11) is 3.47. The lowest BCUT2D eigenvalue weighted by molar-refractivity contribution is 0.0977. The summed E-state index contributed by atoms with van der Waals surface area (Å²) in [5.41, 5.74) is 2.20. The summed E-state index contributed by atoms with van der Waals surface area (Å²) in [6.45, 7) is 9.39. The van der Waals surface area contributed by atoms with Gasteiger partial charge in [0.2, 0.25) is 0 Å². The smallest absolute Gasteiger partial charge is 0.280 e. The zero-order chi connectivity index (χ0) is 20.3. The molecule has 0 fully saturated rings. The van der Waals surface area contributed by atoms with E-state index in [4.69, 9.17) is 9.72 Å². The third-order valence-corrected chi connectivity index (χ3v) is 5.85. The van der Waals surface area contributed by atoms with Gasteiger partial charge in [-0.2, -0.15) is 5.10 Å². The van der Waals surface area contributed by atoms with Crippen LogP contribution in [0.1, 0.15) is 29.9 Å². The molecule has 0 aliphatic carbocycles. The number of aromatic nitrogens is 3. The second-order valence-corrected chi connectivity index (χ2v) is 7.66. The lowest BCUT2D eigenvalue weighted by Crippen LogP contribution is -2.39. The highest BCUT2D eigenvalue weighted by atomic mass is 32.1. The number of likely N-dealkylation sites (N-methyl/N-ethyl adjacent to an activating group) is 1. The number of carbonyl (C=O) groups excluding carboxylic acids is 1. The van der Waals surface area contributed by atoms with E-state index < -0.39 is 0 Å². The fourth-order valence-corrected chi connectivity index (χ4v) is 4.17. The van der Waals surface area contributed by atoms with Crippen LogP contribution in [0.4, 0.5) is 5.13 Å². The van der Waals surface area contributed by atoms with E-state index in [1.165, 1.54) is 11.3 Å². The van der Waals surface area contributed by atoms with Gasteiger partial charge in [0.25, 0.3) is 5.91 Å². The van der Waals surface area contributed by atoms with Crippen molar-refractivity contribution >= 4 is 32.6 Å². The normalized spacial score (nSPS) is 11.4. The van der Waals surface area contributed by atoms with E-state index in [1.54, 1.807) is 16.7 Å². The summed E-state index contributed by atoms with van der Waals surface area (Å²) in [4.78, 5) is 22.1. The number of thiazole rings is 1. The van der Waals surface area contributed by atoms with Gasteiger partial charge >= 0.3 is 0 Å². The van der Waals surface area contributed by atoms with E-state index in [-0.39, 0.29) is 5.91 Å². The van der Waals surface area contributed by atoms with Crippen molar-refractivity contribution in [1.82, 2.24) is 19.7 Å². The van der Waals surface area contributed by atoms with Crippen molar-refractivity contribution in [3.8, 4) is 5.75 Å². The second-order valence-electron chi connectivity index (χ2n) is 6.65. The fraction of sp³-hybridized carbons (Fsp3) is 0.450. The topological polar surface area (TPSA) is 63.5 Å². The molecule has 0 aliphatic rings. The van der Waals surface area contributed by atoms with Crippen LogP contribution >= 0.6 is 11.3 Å². The molecule has 8 heteroatoms. The molecule has 7 nitrogen and oxygen atoms in total. The van der Waals surface area contributed by atoms with Crippen LogP contribution < -0.4 is 9.64 Å². The molecule has 28 heavy (non-hydrogen) atoms. The Kier molecular flexibility index (Phi) is 6.31. The highest BCUT2D eigenvalue weighted by Gasteiger charge is 2.25. The van der Waals surface area contributed by atoms with Crippen LogP contribution in [0, 0.1) is 6.92 Å². The average molecular weight is 402 g/mol. The zero-order valence-electron chi connectivity index (χ0n) is 17.1. The third kappa shape index (κ3) is 4.18. The van der Waals surface area contributed by atoms with Crippen molar-refractivity contribution in [2.45, 2.75) is 20.8 Å². The van der Waals surface area contributed by atoms with E-state index in [1.807, 2.05) is 38.4 Å². The summed E-state index contributed by atoms with van der Waals surface area (Å²) in [6.07, 6.45) is 1.86. The van der Waals surface area contributed by atoms with Crippen LogP contribution in [-0.4, -0.2) is 58.9 Å². The lowest BCUT2D eigenvalue weighted by atomic mass is 10.2. The van der Waals surface area contributed by atoms with Gasteiger partial charge in [0.05, 0.1) is 17.3 Å². The predicted molar refractivity (Wildman–Crippen MR) is 114 cm³/mol. The number of fused-ring (bicyclic) bond motifs is 1. The lowest BCUT2D eigenvalue weighted by Gasteiger charge is -2.24. The number of rotatable bonds is 8. The minimum atomic E-state index is -0.115. The summed E-state index contributed by atoms with van der Waals surface area (Å²) in [6, 6.07) is 5.76. The van der Waals surface area contributed by atoms with Gasteiger partial charge in [-0.15, -0.1) is 0 Å². The molecule has 2 aromatic heterocycles. The number of nitrogens with zero attached hydrogens (tertiary/aromatic N) is 5. The van der Waals surface area contributed by atoms with Crippen LogP contribution in [0.15, 0.2) is 24.4 Å². The number of methoxy groups -OCH3 is 1. The Hall–Kier alpha value is -2.45. The number of carbonyl (C=O) groups is 1. The first-order chi connectivity index (χ1) is 13.5. The molecule has 0 atom stereocenters. The SMILES string of the molecule is CCN(CC)CCN(C(=O)c1nn(C)cc1C)c1nc2ccc(OC)cc2s1. The van der Waals surface area contributed by atoms with Crippen LogP contribution in [0.5, 0.6) is 5.75 Å². The maximum atomic E-state index is 13.3. The molecular weight excluding hydrogens is 374 g/mol. The van der Waals surface area contributed by atoms with E-state index in [0.717, 1.165) is 41.2 Å². The monoisotopic (exact) mass is 401 g/mol. The molecule has 0 saturated heterocycles. The van der Waals surface area contributed by atoms with E-state index in [9.17, 15) is 4.79 Å². The van der Waals surface area contributed by atoms with Crippen molar-refractivity contribution in [3.05, 3.63) is 35.7 Å². The molecule has 0 radical (unpaired) electrons. The second kappa shape index (κ2) is 8.70. The zero-order valence-corrected chi connectivity index (χ0v) is 17.9. The Morgan fingerprint density at radius 1 is 1.25 bits per heavy atom. The molecule has 3 rings (SSSR count). The Morgan fingerprint density at radius 3 is 2.61 bits per heavy atom. The third-order valence-electron chi connectivity index (χ3n) is 4.81. The van der Waals surface area contributed by atoms with Crippen molar-refractivity contribution in [3.63, 3.8) is 0 Å². The number of hydrogen-bond donors (Lipinski definition) is 0. The number of benzene rings is 1. The Bertz CT molecular complexity index is 961. The number of anilines is 1. The summed E-state index contributed by atoms with van der Waals surface area (Å²) < 4.78 is 7.98. The Morgan fingerprint density at radius 2 is 2.00 bits per heavy atom. The maximum absolute atomic E-state index is 13.3. The van der Waals surface area contributed by atoms with Crippen LogP contribution in [-0.2, 0) is 7.05 Å². The van der Waals surface area contributed by atoms with Gasteiger partial charge in [0.1, 0.15) is 5.75 Å². The largest absolute Gasteiger partial charge is 0.497 e. The van der Waals surface area contributed by atoms with E-state index in [2.05, 4.69) is 23.8 Å². The van der Waals surface area contributed by atoms with E-state index >= 15 is 0 Å². The molecule has 1 aromatic carbocycles. The average Bonchev–Trinajstić information content (AvgIpc) is 3.26. The summed E-state index contributed by atoms with van der Waals surface area (Å²) in [5.74, 6) is 0.667. The van der Waals surface area contributed by atoms with Crippen LogP contribution in [0.2, 0.25) is 0 Å².